The van der Waals surface area contributed by atoms with E-state index in [2.05, 4.69) is 16.7 Å². The minimum Gasteiger partial charge on any atom is -0.493 e. The van der Waals surface area contributed by atoms with Gasteiger partial charge in [-0.3, -0.25) is 9.59 Å². The van der Waals surface area contributed by atoms with E-state index in [1.165, 1.54) is 6.08 Å². The van der Waals surface area contributed by atoms with Crippen molar-refractivity contribution in [3.8, 4) is 11.8 Å². The summed E-state index contributed by atoms with van der Waals surface area (Å²) in [5.41, 5.74) is 3.53. The molecule has 1 fully saturated rings. The number of nitrogens with one attached hydrogen (secondary N) is 2. The van der Waals surface area contributed by atoms with E-state index in [-0.39, 0.29) is 17.7 Å². The molecule has 0 radical (unpaired) electrons. The fourth-order valence-corrected chi connectivity index (χ4v) is 5.21. The monoisotopic (exact) mass is 521 g/mol. The summed E-state index contributed by atoms with van der Waals surface area (Å²) < 4.78 is 5.87. The number of nitriles is 1. The smallest absolute Gasteiger partial charge is 0.327 e. The zero-order valence-electron chi connectivity index (χ0n) is 21.1. The van der Waals surface area contributed by atoms with Gasteiger partial charge in [-0.15, -0.1) is 0 Å². The zero-order chi connectivity index (χ0) is 27.4. The number of carboxylic acid groups (broad SMARTS) is 1. The molecule has 196 valence electrons. The predicted molar refractivity (Wildman–Crippen MR) is 144 cm³/mol. The number of hydrogen-bond acceptors (Lipinski definition) is 5. The van der Waals surface area contributed by atoms with Gasteiger partial charge >= 0.3 is 5.97 Å². The highest BCUT2D eigenvalue weighted by Crippen LogP contribution is 2.61. The van der Waals surface area contributed by atoms with Crippen molar-refractivity contribution in [2.75, 3.05) is 11.9 Å². The summed E-state index contributed by atoms with van der Waals surface area (Å²) in [7, 11) is 0. The molecule has 8 heteroatoms. The van der Waals surface area contributed by atoms with Crippen molar-refractivity contribution in [2.24, 2.45) is 5.92 Å². The number of fused-ring (bicyclic) bond motifs is 2. The van der Waals surface area contributed by atoms with Crippen molar-refractivity contribution in [2.45, 2.75) is 31.2 Å². The topological polar surface area (TPSA) is 129 Å². The lowest BCUT2D eigenvalue weighted by Gasteiger charge is -2.27. The number of carbonyl (C=O) groups is 3. The lowest BCUT2D eigenvalue weighted by Crippen LogP contribution is -2.28. The van der Waals surface area contributed by atoms with Gasteiger partial charge in [-0.2, -0.15) is 5.26 Å². The normalized spacial score (nSPS) is 19.0. The van der Waals surface area contributed by atoms with Crippen LogP contribution in [0, 0.1) is 17.2 Å². The molecule has 8 nitrogen and oxygen atoms in total. The van der Waals surface area contributed by atoms with Crippen LogP contribution in [0.2, 0.25) is 0 Å². The lowest BCUT2D eigenvalue weighted by atomic mass is 9.86. The zero-order valence-corrected chi connectivity index (χ0v) is 21.1. The molecule has 3 aromatic rings. The van der Waals surface area contributed by atoms with Crippen molar-refractivity contribution in [1.29, 1.82) is 5.26 Å². The highest BCUT2D eigenvalue weighted by molar-refractivity contribution is 5.98. The van der Waals surface area contributed by atoms with E-state index in [1.807, 2.05) is 36.4 Å². The van der Waals surface area contributed by atoms with E-state index in [0.29, 0.717) is 60.5 Å². The number of ether oxygens (including phenoxy) is 1. The Labute approximate surface area is 225 Å². The van der Waals surface area contributed by atoms with Gasteiger partial charge in [-0.1, -0.05) is 42.5 Å². The first kappa shape index (κ1) is 25.7. The fraction of sp³-hybridized carbons (Fsp3) is 0.226. The Morgan fingerprint density at radius 2 is 1.92 bits per heavy atom. The van der Waals surface area contributed by atoms with Crippen molar-refractivity contribution >= 4 is 23.5 Å². The molecule has 2 aliphatic rings. The number of rotatable bonds is 8. The summed E-state index contributed by atoms with van der Waals surface area (Å²) in [4.78, 5) is 37.2. The molecular formula is C31H27N3O5. The predicted octanol–water partition coefficient (Wildman–Crippen LogP) is 4.35. The Bertz CT molecular complexity index is 1510. The summed E-state index contributed by atoms with van der Waals surface area (Å²) in [6.07, 6.45) is 4.11. The van der Waals surface area contributed by atoms with E-state index in [9.17, 15) is 19.6 Å². The molecule has 2 atom stereocenters. The van der Waals surface area contributed by atoms with Gasteiger partial charge in [0.1, 0.15) is 5.75 Å². The number of amides is 2. The van der Waals surface area contributed by atoms with E-state index in [0.717, 1.165) is 17.2 Å². The second-order valence-corrected chi connectivity index (χ2v) is 9.81. The molecular weight excluding hydrogens is 494 g/mol. The minimum atomic E-state index is -1.06. The fourth-order valence-electron chi connectivity index (χ4n) is 5.21. The quantitative estimate of drug-likeness (QED) is 0.378. The van der Waals surface area contributed by atoms with Crippen molar-refractivity contribution < 1.29 is 24.2 Å². The number of carboxylic acids is 1. The Balaban J connectivity index is 1.33. The van der Waals surface area contributed by atoms with Crippen LogP contribution in [-0.4, -0.2) is 29.5 Å². The number of nitrogens with zero attached hydrogens (tertiary/aromatic N) is 1. The second kappa shape index (κ2) is 10.8. The maximum absolute atomic E-state index is 13.4. The van der Waals surface area contributed by atoms with Crippen LogP contribution in [0.3, 0.4) is 0 Å². The van der Waals surface area contributed by atoms with E-state index in [1.54, 1.807) is 30.3 Å². The van der Waals surface area contributed by atoms with Crippen LogP contribution in [0.5, 0.6) is 5.75 Å². The average Bonchev–Trinajstić information content (AvgIpc) is 3.67. The third-order valence-corrected chi connectivity index (χ3v) is 7.37. The standard InChI is InChI=1S/C31H27N3O5/c32-18-21-9-10-22(7-4-8-28(35)36)26(15-21)34-30(38)25-17-31(25)13-14-39-27-12-11-23(16-24(27)31)29(37)33-19-20-5-2-1-3-6-20/h1-6,8-12,15-16,25H,7,13-14,17,19H2,(H,33,37)(H,34,38)(H,35,36)/t25-,31-/m0/s1. The highest BCUT2D eigenvalue weighted by atomic mass is 16.5. The molecule has 3 N–H and O–H groups in total. The minimum absolute atomic E-state index is 0.180. The molecule has 39 heavy (non-hydrogen) atoms. The van der Waals surface area contributed by atoms with E-state index < -0.39 is 11.4 Å². The van der Waals surface area contributed by atoms with Crippen molar-refractivity contribution in [1.82, 2.24) is 5.32 Å². The molecule has 5 rings (SSSR count). The maximum atomic E-state index is 13.4. The largest absolute Gasteiger partial charge is 0.493 e. The number of aliphatic carboxylic acids is 1. The first-order valence-corrected chi connectivity index (χ1v) is 12.7. The van der Waals surface area contributed by atoms with Gasteiger partial charge in [-0.05, 0) is 60.7 Å². The van der Waals surface area contributed by atoms with Gasteiger partial charge in [0, 0.05) is 40.8 Å². The molecule has 1 heterocycles. The van der Waals surface area contributed by atoms with Gasteiger partial charge in [0.15, 0.2) is 0 Å². The van der Waals surface area contributed by atoms with Crippen LogP contribution in [0.1, 0.15) is 45.5 Å². The first-order valence-electron chi connectivity index (χ1n) is 12.7. The molecule has 0 bridgehead atoms. The van der Waals surface area contributed by atoms with E-state index in [4.69, 9.17) is 9.84 Å². The van der Waals surface area contributed by atoms with Gasteiger partial charge in [0.2, 0.25) is 5.91 Å². The molecule has 0 aromatic heterocycles. The van der Waals surface area contributed by atoms with Crippen LogP contribution in [0.25, 0.3) is 0 Å². The number of carbonyl (C=O) groups excluding carboxylic acids is 2. The van der Waals surface area contributed by atoms with Gasteiger partial charge < -0.3 is 20.5 Å². The Morgan fingerprint density at radius 1 is 1.10 bits per heavy atom. The third-order valence-electron chi connectivity index (χ3n) is 7.37. The molecule has 0 saturated heterocycles. The average molecular weight is 522 g/mol. The number of anilines is 1. The van der Waals surface area contributed by atoms with Crippen LogP contribution in [-0.2, 0) is 28.0 Å². The second-order valence-electron chi connectivity index (χ2n) is 9.81. The molecule has 2 amide bonds. The Morgan fingerprint density at radius 3 is 2.69 bits per heavy atom. The third kappa shape index (κ3) is 5.53. The number of hydrogen-bond donors (Lipinski definition) is 3. The molecule has 1 aliphatic carbocycles. The summed E-state index contributed by atoms with van der Waals surface area (Å²) in [5.74, 6) is -1.07. The van der Waals surface area contributed by atoms with Crippen LogP contribution in [0.15, 0.2) is 78.9 Å². The summed E-state index contributed by atoms with van der Waals surface area (Å²) in [5, 5.41) is 24.2. The van der Waals surface area contributed by atoms with Crippen molar-refractivity contribution in [3.05, 3.63) is 107 Å². The SMILES string of the molecule is N#Cc1ccc(CC=CC(=O)O)c(NC(=O)[C@@H]2C[C@]23CCOc2ccc(C(=O)NCc4ccccc4)cc23)c1. The summed E-state index contributed by atoms with van der Waals surface area (Å²) in [6.45, 7) is 0.890. The molecule has 1 saturated carbocycles. The summed E-state index contributed by atoms with van der Waals surface area (Å²) in [6, 6.07) is 22.1. The van der Waals surface area contributed by atoms with Gasteiger partial charge in [-0.25, -0.2) is 4.79 Å². The first-order chi connectivity index (χ1) is 18.9. The molecule has 0 unspecified atom stereocenters. The van der Waals surface area contributed by atoms with Gasteiger partial charge in [0.05, 0.1) is 18.2 Å². The highest BCUT2D eigenvalue weighted by Gasteiger charge is 2.61. The molecule has 3 aromatic carbocycles. The van der Waals surface area contributed by atoms with Crippen LogP contribution >= 0.6 is 0 Å². The van der Waals surface area contributed by atoms with Crippen molar-refractivity contribution in [3.63, 3.8) is 0 Å². The molecule has 1 spiro atoms. The Hall–Kier alpha value is -4.90. The Kier molecular flexibility index (Phi) is 7.15. The number of benzene rings is 3. The lowest BCUT2D eigenvalue weighted by molar-refractivity contribution is -0.131. The van der Waals surface area contributed by atoms with Crippen LogP contribution < -0.4 is 15.4 Å². The van der Waals surface area contributed by atoms with Gasteiger partial charge in [0.25, 0.3) is 5.91 Å². The summed E-state index contributed by atoms with van der Waals surface area (Å²) >= 11 is 0. The maximum Gasteiger partial charge on any atom is 0.327 e. The number of allylic oxidation sites excluding steroid dienone is 1. The van der Waals surface area contributed by atoms with Crippen LogP contribution in [0.4, 0.5) is 5.69 Å². The van der Waals surface area contributed by atoms with E-state index >= 15 is 0 Å². The molecule has 1 aliphatic heterocycles.